The summed E-state index contributed by atoms with van der Waals surface area (Å²) in [5.74, 6) is -0.343. The fraction of sp³-hybridized carbons (Fsp3) is 0.312. The maximum atomic E-state index is 11.2. The van der Waals surface area contributed by atoms with E-state index in [9.17, 15) is 9.59 Å². The van der Waals surface area contributed by atoms with Crippen LogP contribution in [0, 0.1) is 13.8 Å². The third-order valence-corrected chi connectivity index (χ3v) is 3.80. The summed E-state index contributed by atoms with van der Waals surface area (Å²) in [5.41, 5.74) is 1.79. The average molecular weight is 353 g/mol. The second-order valence-corrected chi connectivity index (χ2v) is 5.69. The summed E-state index contributed by atoms with van der Waals surface area (Å²) in [4.78, 5) is 22.1. The van der Waals surface area contributed by atoms with E-state index in [-0.39, 0.29) is 22.1 Å². The fourth-order valence-corrected chi connectivity index (χ4v) is 2.26. The summed E-state index contributed by atoms with van der Waals surface area (Å²) in [7, 11) is 1.73. The van der Waals surface area contributed by atoms with Gasteiger partial charge in [0.25, 0.3) is 0 Å². The van der Waals surface area contributed by atoms with Crippen LogP contribution in [-0.2, 0) is 11.8 Å². The molecule has 0 bridgehead atoms. The molecule has 2 rings (SSSR count). The molecule has 8 heteroatoms. The Morgan fingerprint density at radius 1 is 1.38 bits per heavy atom. The van der Waals surface area contributed by atoms with Gasteiger partial charge in [0, 0.05) is 18.7 Å². The molecule has 0 fully saturated rings. The predicted molar refractivity (Wildman–Crippen MR) is 87.3 cm³/mol. The van der Waals surface area contributed by atoms with Crippen molar-refractivity contribution in [2.24, 2.45) is 7.05 Å². The Hall–Kier alpha value is -2.54. The van der Waals surface area contributed by atoms with Crippen molar-refractivity contribution in [2.45, 2.75) is 26.9 Å². The number of rotatable bonds is 6. The van der Waals surface area contributed by atoms with Crippen LogP contribution in [0.2, 0.25) is 5.02 Å². The Morgan fingerprint density at radius 3 is 2.54 bits per heavy atom. The van der Waals surface area contributed by atoms with Gasteiger partial charge in [-0.15, -0.1) is 0 Å². The number of carbonyl (C=O) groups excluding carboxylic acids is 1. The number of ether oxygens (including phenoxy) is 2. The molecule has 1 N–H and O–H groups in total. The highest BCUT2D eigenvalue weighted by Crippen LogP contribution is 2.36. The monoisotopic (exact) mass is 352 g/mol. The number of carboxylic acid groups (broad SMARTS) is 1. The molecule has 0 aliphatic heterocycles. The third kappa shape index (κ3) is 3.51. The van der Waals surface area contributed by atoms with Gasteiger partial charge in [0.05, 0.1) is 16.3 Å². The van der Waals surface area contributed by atoms with Crippen molar-refractivity contribution < 1.29 is 24.2 Å². The molecular formula is C16H17ClN2O5. The number of nitrogens with zero attached hydrogens (tertiary/aromatic N) is 2. The standard InChI is InChI=1S/C16H17ClN2O5/c1-8-9(2)18-19(4)15(8)24-14-6-13(23-10(3)16(21)22)11(7-20)5-12(14)17/h5-7,10H,1-4H3,(H,21,22)/t10-/m0/s1. The van der Waals surface area contributed by atoms with E-state index >= 15 is 0 Å². The smallest absolute Gasteiger partial charge is 0.344 e. The highest BCUT2D eigenvalue weighted by atomic mass is 35.5. The molecule has 1 aromatic heterocycles. The van der Waals surface area contributed by atoms with Crippen LogP contribution in [0.5, 0.6) is 17.4 Å². The van der Waals surface area contributed by atoms with Crippen LogP contribution in [0.4, 0.5) is 0 Å². The van der Waals surface area contributed by atoms with Crippen molar-refractivity contribution >= 4 is 23.9 Å². The van der Waals surface area contributed by atoms with Crippen molar-refractivity contribution in [2.75, 3.05) is 0 Å². The predicted octanol–water partition coefficient (Wildman–Crippen LogP) is 3.15. The van der Waals surface area contributed by atoms with Crippen LogP contribution in [-0.4, -0.2) is 33.2 Å². The number of carboxylic acids is 1. The molecule has 24 heavy (non-hydrogen) atoms. The molecule has 128 valence electrons. The fourth-order valence-electron chi connectivity index (χ4n) is 2.05. The van der Waals surface area contributed by atoms with Gasteiger partial charge < -0.3 is 14.6 Å². The van der Waals surface area contributed by atoms with Gasteiger partial charge in [-0.2, -0.15) is 5.10 Å². The van der Waals surface area contributed by atoms with E-state index in [2.05, 4.69) is 5.10 Å². The third-order valence-electron chi connectivity index (χ3n) is 3.51. The lowest BCUT2D eigenvalue weighted by Gasteiger charge is -2.15. The summed E-state index contributed by atoms with van der Waals surface area (Å²) in [6.07, 6.45) is -0.586. The first-order valence-electron chi connectivity index (χ1n) is 7.10. The van der Waals surface area contributed by atoms with E-state index in [1.165, 1.54) is 19.1 Å². The zero-order valence-corrected chi connectivity index (χ0v) is 14.4. The molecule has 1 atom stereocenters. The van der Waals surface area contributed by atoms with E-state index < -0.39 is 12.1 Å². The molecule has 0 spiro atoms. The number of aryl methyl sites for hydroxylation is 2. The molecule has 2 aromatic rings. The molecule has 0 aliphatic carbocycles. The summed E-state index contributed by atoms with van der Waals surface area (Å²) in [6, 6.07) is 2.76. The Balaban J connectivity index is 2.43. The normalized spacial score (nSPS) is 11.9. The largest absolute Gasteiger partial charge is 0.479 e. The molecule has 1 aromatic carbocycles. The van der Waals surface area contributed by atoms with E-state index in [4.69, 9.17) is 26.2 Å². The summed E-state index contributed by atoms with van der Waals surface area (Å²) >= 11 is 6.16. The van der Waals surface area contributed by atoms with E-state index in [1.807, 2.05) is 13.8 Å². The number of hydrogen-bond acceptors (Lipinski definition) is 5. The number of carbonyl (C=O) groups is 2. The maximum absolute atomic E-state index is 11.2. The number of hydrogen-bond donors (Lipinski definition) is 1. The van der Waals surface area contributed by atoms with Crippen molar-refractivity contribution in [3.63, 3.8) is 0 Å². The van der Waals surface area contributed by atoms with Crippen molar-refractivity contribution in [3.05, 3.63) is 34.0 Å². The van der Waals surface area contributed by atoms with Gasteiger partial charge in [0.2, 0.25) is 5.88 Å². The lowest BCUT2D eigenvalue weighted by Crippen LogP contribution is -2.23. The first-order chi connectivity index (χ1) is 11.2. The summed E-state index contributed by atoms with van der Waals surface area (Å²) in [6.45, 7) is 5.07. The zero-order chi connectivity index (χ0) is 18.0. The summed E-state index contributed by atoms with van der Waals surface area (Å²) in [5, 5.41) is 13.4. The van der Waals surface area contributed by atoms with Gasteiger partial charge >= 0.3 is 5.97 Å². The van der Waals surface area contributed by atoms with Gasteiger partial charge in [-0.3, -0.25) is 4.79 Å². The number of halogens is 1. The number of aromatic nitrogens is 2. The van der Waals surface area contributed by atoms with E-state index in [0.29, 0.717) is 12.2 Å². The quantitative estimate of drug-likeness (QED) is 0.803. The van der Waals surface area contributed by atoms with Gasteiger partial charge in [0.15, 0.2) is 18.1 Å². The Kier molecular flexibility index (Phi) is 5.14. The molecular weight excluding hydrogens is 336 g/mol. The second-order valence-electron chi connectivity index (χ2n) is 5.28. The van der Waals surface area contributed by atoms with Crippen molar-refractivity contribution in [3.8, 4) is 17.4 Å². The molecule has 0 amide bonds. The number of benzene rings is 1. The molecule has 0 saturated heterocycles. The Bertz CT molecular complexity index is 800. The van der Waals surface area contributed by atoms with Gasteiger partial charge in [-0.05, 0) is 26.8 Å². The number of aldehydes is 1. The van der Waals surface area contributed by atoms with Gasteiger partial charge in [-0.25, -0.2) is 9.48 Å². The SMILES string of the molecule is Cc1nn(C)c(Oc2cc(O[C@@H](C)C(=O)O)c(C=O)cc2Cl)c1C. The van der Waals surface area contributed by atoms with Crippen molar-refractivity contribution in [1.29, 1.82) is 0 Å². The lowest BCUT2D eigenvalue weighted by atomic mass is 10.2. The van der Waals surface area contributed by atoms with Crippen LogP contribution >= 0.6 is 11.6 Å². The van der Waals surface area contributed by atoms with Crippen LogP contribution in [0.15, 0.2) is 12.1 Å². The maximum Gasteiger partial charge on any atom is 0.344 e. The molecule has 0 aliphatic rings. The minimum Gasteiger partial charge on any atom is -0.479 e. The van der Waals surface area contributed by atoms with E-state index in [1.54, 1.807) is 11.7 Å². The van der Waals surface area contributed by atoms with Crippen LogP contribution in [0.1, 0.15) is 28.5 Å². The Labute approximate surface area is 143 Å². The number of aliphatic carboxylic acids is 1. The van der Waals surface area contributed by atoms with Crippen molar-refractivity contribution in [1.82, 2.24) is 9.78 Å². The highest BCUT2D eigenvalue weighted by molar-refractivity contribution is 6.32. The molecule has 0 radical (unpaired) electrons. The molecule has 0 unspecified atom stereocenters. The topological polar surface area (TPSA) is 90.7 Å². The summed E-state index contributed by atoms with van der Waals surface area (Å²) < 4.78 is 12.7. The van der Waals surface area contributed by atoms with Crippen LogP contribution in [0.3, 0.4) is 0 Å². The minimum atomic E-state index is -1.15. The van der Waals surface area contributed by atoms with Crippen LogP contribution in [0.25, 0.3) is 0 Å². The first-order valence-corrected chi connectivity index (χ1v) is 7.48. The minimum absolute atomic E-state index is 0.0795. The molecule has 7 nitrogen and oxygen atoms in total. The average Bonchev–Trinajstić information content (AvgIpc) is 2.76. The Morgan fingerprint density at radius 2 is 2.04 bits per heavy atom. The second kappa shape index (κ2) is 6.92. The molecule has 1 heterocycles. The lowest BCUT2D eigenvalue weighted by molar-refractivity contribution is -0.144. The zero-order valence-electron chi connectivity index (χ0n) is 13.7. The molecule has 0 saturated carbocycles. The van der Waals surface area contributed by atoms with Gasteiger partial charge in [-0.1, -0.05) is 11.6 Å². The van der Waals surface area contributed by atoms with Gasteiger partial charge in [0.1, 0.15) is 5.75 Å². The van der Waals surface area contributed by atoms with Crippen LogP contribution < -0.4 is 9.47 Å². The highest BCUT2D eigenvalue weighted by Gasteiger charge is 2.19. The first kappa shape index (κ1) is 17.8. The van der Waals surface area contributed by atoms with E-state index in [0.717, 1.165) is 11.3 Å².